The number of hydrogen-bond donors (Lipinski definition) is 2. The molecule has 10 heteroatoms. The number of aromatic amines is 1. The third-order valence-electron chi connectivity index (χ3n) is 2.30. The van der Waals surface area contributed by atoms with E-state index >= 15 is 0 Å². The molecule has 0 aliphatic carbocycles. The van der Waals surface area contributed by atoms with Gasteiger partial charge < -0.3 is 10.3 Å². The van der Waals surface area contributed by atoms with E-state index in [2.05, 4.69) is 40.2 Å². The summed E-state index contributed by atoms with van der Waals surface area (Å²) in [6.07, 6.45) is 3.01. The van der Waals surface area contributed by atoms with E-state index in [4.69, 9.17) is 11.6 Å². The van der Waals surface area contributed by atoms with Crippen LogP contribution in [0.3, 0.4) is 0 Å². The fourth-order valence-corrected chi connectivity index (χ4v) is 2.52. The van der Waals surface area contributed by atoms with Crippen LogP contribution in [0.1, 0.15) is 6.92 Å². The molecule has 0 amide bonds. The highest BCUT2D eigenvalue weighted by Gasteiger charge is 2.11. The van der Waals surface area contributed by atoms with E-state index in [0.717, 1.165) is 5.52 Å². The molecule has 3 aromatic heterocycles. The maximum Gasteiger partial charge on any atom is 0.228 e. The molecule has 0 spiro atoms. The number of nitrogens with one attached hydrogen (secondary N) is 2. The molecule has 0 fully saturated rings. The Kier molecular flexibility index (Phi) is 3.61. The van der Waals surface area contributed by atoms with Gasteiger partial charge in [-0.1, -0.05) is 0 Å². The maximum absolute atomic E-state index is 5.88. The number of fused-ring (bicyclic) bond motifs is 1. The third kappa shape index (κ3) is 2.63. The summed E-state index contributed by atoms with van der Waals surface area (Å²) in [7, 11) is 0. The highest BCUT2D eigenvalue weighted by molar-refractivity contribution is 7.99. The van der Waals surface area contributed by atoms with Crippen molar-refractivity contribution in [2.45, 2.75) is 17.1 Å². The Morgan fingerprint density at radius 2 is 2.15 bits per heavy atom. The molecule has 0 saturated heterocycles. The lowest BCUT2D eigenvalue weighted by Gasteiger charge is -2.04. The zero-order chi connectivity index (χ0) is 13.9. The first-order valence-corrected chi connectivity index (χ1v) is 6.93. The molecule has 0 atom stereocenters. The predicted molar refractivity (Wildman–Crippen MR) is 74.8 cm³/mol. The zero-order valence-corrected chi connectivity index (χ0v) is 11.9. The average molecular weight is 309 g/mol. The number of rotatable bonds is 4. The van der Waals surface area contributed by atoms with Crippen LogP contribution in [-0.4, -0.2) is 41.4 Å². The molecule has 20 heavy (non-hydrogen) atoms. The first kappa shape index (κ1) is 13.0. The van der Waals surface area contributed by atoms with Crippen LogP contribution in [0.4, 0.5) is 5.95 Å². The minimum Gasteiger partial charge on any atom is -0.354 e. The summed E-state index contributed by atoms with van der Waals surface area (Å²) in [5.41, 5.74) is 1.33. The molecule has 3 rings (SSSR count). The number of halogens is 1. The fraction of sp³-hybridized carbons (Fsp3) is 0.200. The summed E-state index contributed by atoms with van der Waals surface area (Å²) < 4.78 is 0. The van der Waals surface area contributed by atoms with Gasteiger partial charge in [0, 0.05) is 6.54 Å². The van der Waals surface area contributed by atoms with E-state index in [1.54, 1.807) is 6.33 Å². The van der Waals surface area contributed by atoms with Gasteiger partial charge in [0.1, 0.15) is 16.9 Å². The molecule has 0 aliphatic rings. The van der Waals surface area contributed by atoms with Gasteiger partial charge in [-0.25, -0.2) is 15.0 Å². The van der Waals surface area contributed by atoms with Crippen LogP contribution in [0.5, 0.6) is 0 Å². The average Bonchev–Trinajstić information content (AvgIpc) is 2.88. The summed E-state index contributed by atoms with van der Waals surface area (Å²) >= 11 is 7.15. The molecule has 0 aromatic carbocycles. The fourth-order valence-electron chi connectivity index (χ4n) is 1.52. The Balaban J connectivity index is 1.96. The van der Waals surface area contributed by atoms with Crippen molar-refractivity contribution < 1.29 is 0 Å². The van der Waals surface area contributed by atoms with Crippen molar-refractivity contribution in [2.24, 2.45) is 0 Å². The van der Waals surface area contributed by atoms with E-state index in [-0.39, 0.29) is 5.28 Å². The highest BCUT2D eigenvalue weighted by Crippen LogP contribution is 2.27. The summed E-state index contributed by atoms with van der Waals surface area (Å²) in [6, 6.07) is 0. The van der Waals surface area contributed by atoms with Crippen LogP contribution in [0.25, 0.3) is 11.2 Å². The second kappa shape index (κ2) is 5.55. The van der Waals surface area contributed by atoms with E-state index in [0.29, 0.717) is 28.3 Å². The minimum atomic E-state index is 0.133. The van der Waals surface area contributed by atoms with Crippen molar-refractivity contribution >= 4 is 40.5 Å². The topological polar surface area (TPSA) is 105 Å². The molecular weight excluding hydrogens is 300 g/mol. The number of anilines is 1. The van der Waals surface area contributed by atoms with Gasteiger partial charge in [0.25, 0.3) is 0 Å². The third-order valence-corrected chi connectivity index (χ3v) is 3.34. The molecule has 102 valence electrons. The van der Waals surface area contributed by atoms with Crippen molar-refractivity contribution in [2.75, 3.05) is 11.9 Å². The lowest BCUT2D eigenvalue weighted by Crippen LogP contribution is -2.04. The lowest BCUT2D eigenvalue weighted by atomic mass is 10.6. The SMILES string of the molecule is CCNc1nc(Cl)nc(Sc2ncnc3nc[nH]c23)n1. The smallest absolute Gasteiger partial charge is 0.228 e. The van der Waals surface area contributed by atoms with Gasteiger partial charge in [-0.3, -0.25) is 0 Å². The van der Waals surface area contributed by atoms with Gasteiger partial charge in [-0.05, 0) is 30.3 Å². The summed E-state index contributed by atoms with van der Waals surface area (Å²) in [6.45, 7) is 2.64. The highest BCUT2D eigenvalue weighted by atomic mass is 35.5. The number of hydrogen-bond acceptors (Lipinski definition) is 8. The quantitative estimate of drug-likeness (QED) is 0.703. The van der Waals surface area contributed by atoms with Crippen molar-refractivity contribution in [3.05, 3.63) is 17.9 Å². The van der Waals surface area contributed by atoms with E-state index in [1.807, 2.05) is 6.92 Å². The molecule has 2 N–H and O–H groups in total. The monoisotopic (exact) mass is 308 g/mol. The Bertz CT molecular complexity index is 745. The van der Waals surface area contributed by atoms with Crippen LogP contribution in [0.2, 0.25) is 5.28 Å². The molecule has 3 heterocycles. The Labute approximate surface area is 122 Å². The van der Waals surface area contributed by atoms with Crippen LogP contribution < -0.4 is 5.32 Å². The Hall–Kier alpha value is -2.00. The summed E-state index contributed by atoms with van der Waals surface area (Å²) in [4.78, 5) is 27.6. The minimum absolute atomic E-state index is 0.133. The first-order valence-electron chi connectivity index (χ1n) is 5.73. The number of H-pyrrole nitrogens is 1. The molecule has 0 bridgehead atoms. The van der Waals surface area contributed by atoms with Crippen LogP contribution >= 0.6 is 23.4 Å². The lowest BCUT2D eigenvalue weighted by molar-refractivity contribution is 0.896. The van der Waals surface area contributed by atoms with E-state index in [1.165, 1.54) is 18.1 Å². The number of aromatic nitrogens is 7. The molecule has 0 unspecified atom stereocenters. The van der Waals surface area contributed by atoms with Crippen molar-refractivity contribution in [1.82, 2.24) is 34.9 Å². The van der Waals surface area contributed by atoms with E-state index < -0.39 is 0 Å². The second-order valence-electron chi connectivity index (χ2n) is 3.62. The maximum atomic E-state index is 5.88. The zero-order valence-electron chi connectivity index (χ0n) is 10.3. The molecular formula is C10H9ClN8S. The Morgan fingerprint density at radius 3 is 3.00 bits per heavy atom. The summed E-state index contributed by atoms with van der Waals surface area (Å²) in [5.74, 6) is 0.435. The van der Waals surface area contributed by atoms with Crippen molar-refractivity contribution in [3.8, 4) is 0 Å². The van der Waals surface area contributed by atoms with Gasteiger partial charge in [0.2, 0.25) is 11.2 Å². The molecule has 0 radical (unpaired) electrons. The molecule has 0 saturated carbocycles. The van der Waals surface area contributed by atoms with E-state index in [9.17, 15) is 0 Å². The second-order valence-corrected chi connectivity index (χ2v) is 4.92. The first-order chi connectivity index (χ1) is 9.76. The summed E-state index contributed by atoms with van der Waals surface area (Å²) in [5, 5.41) is 4.26. The Morgan fingerprint density at radius 1 is 1.25 bits per heavy atom. The predicted octanol–water partition coefficient (Wildman–Crippen LogP) is 1.77. The van der Waals surface area contributed by atoms with Crippen molar-refractivity contribution in [1.29, 1.82) is 0 Å². The van der Waals surface area contributed by atoms with Crippen LogP contribution in [0.15, 0.2) is 22.8 Å². The van der Waals surface area contributed by atoms with Gasteiger partial charge in [0.15, 0.2) is 10.8 Å². The van der Waals surface area contributed by atoms with Gasteiger partial charge in [0.05, 0.1) is 6.33 Å². The van der Waals surface area contributed by atoms with Crippen LogP contribution in [-0.2, 0) is 0 Å². The molecule has 3 aromatic rings. The largest absolute Gasteiger partial charge is 0.354 e. The molecule has 8 nitrogen and oxygen atoms in total. The molecule has 0 aliphatic heterocycles. The number of imidazole rings is 1. The van der Waals surface area contributed by atoms with Crippen LogP contribution in [0, 0.1) is 0 Å². The van der Waals surface area contributed by atoms with Gasteiger partial charge in [-0.2, -0.15) is 15.0 Å². The normalized spacial score (nSPS) is 10.9. The number of nitrogens with zero attached hydrogens (tertiary/aromatic N) is 6. The van der Waals surface area contributed by atoms with Gasteiger partial charge >= 0.3 is 0 Å². The van der Waals surface area contributed by atoms with Gasteiger partial charge in [-0.15, -0.1) is 0 Å². The van der Waals surface area contributed by atoms with Crippen molar-refractivity contribution in [3.63, 3.8) is 0 Å². The standard InChI is InChI=1S/C10H9ClN8S/c1-2-12-9-17-8(11)18-10(19-9)20-7-5-6(14-3-13-5)15-4-16-7/h3-4H,2H2,1H3,(H,12,17,18,19)(H,13,14,15,16).